The van der Waals surface area contributed by atoms with Crippen molar-refractivity contribution >= 4 is 11.7 Å². The van der Waals surface area contributed by atoms with Gasteiger partial charge in [-0.3, -0.25) is 4.98 Å². The summed E-state index contributed by atoms with van der Waals surface area (Å²) in [6, 6.07) is 3.08. The van der Waals surface area contributed by atoms with E-state index in [0.29, 0.717) is 37.4 Å². The lowest BCUT2D eigenvalue weighted by Crippen LogP contribution is -2.36. The zero-order valence-electron chi connectivity index (χ0n) is 13.6. The van der Waals surface area contributed by atoms with E-state index in [1.807, 2.05) is 6.92 Å². The van der Waals surface area contributed by atoms with Crippen molar-refractivity contribution in [2.45, 2.75) is 32.5 Å². The number of fused-ring (bicyclic) bond motifs is 1. The number of aryl methyl sites for hydroxylation is 2. The minimum absolute atomic E-state index is 0.0627. The first-order chi connectivity index (χ1) is 11.8. The van der Waals surface area contributed by atoms with Crippen molar-refractivity contribution in [3.05, 3.63) is 41.7 Å². The Morgan fingerprint density at radius 3 is 2.96 bits per heavy atom. The SMILES string of the molecule is Cc1cc(NC(=O)NC[C@H]2CCc3nc(C(F)(F)F)cn3C2)ccn1. The number of carbonyl (C=O) groups is 1. The summed E-state index contributed by atoms with van der Waals surface area (Å²) < 4.78 is 39.7. The number of amides is 2. The van der Waals surface area contributed by atoms with Gasteiger partial charge in [-0.05, 0) is 31.4 Å². The summed E-state index contributed by atoms with van der Waals surface area (Å²) in [5, 5.41) is 5.47. The van der Waals surface area contributed by atoms with E-state index in [-0.39, 0.29) is 11.9 Å². The molecule has 1 aliphatic rings. The zero-order chi connectivity index (χ0) is 18.0. The minimum atomic E-state index is -4.43. The Labute approximate surface area is 142 Å². The number of rotatable bonds is 3. The van der Waals surface area contributed by atoms with Crippen LogP contribution in [0.25, 0.3) is 0 Å². The molecule has 0 saturated carbocycles. The molecular weight excluding hydrogens is 335 g/mol. The molecule has 1 aliphatic heterocycles. The number of carbonyl (C=O) groups excluding carboxylic acids is 1. The summed E-state index contributed by atoms with van der Waals surface area (Å²) in [5.74, 6) is 0.507. The maximum Gasteiger partial charge on any atom is 0.434 e. The first-order valence-electron chi connectivity index (χ1n) is 7.92. The van der Waals surface area contributed by atoms with Crippen LogP contribution in [-0.2, 0) is 19.1 Å². The average Bonchev–Trinajstić information content (AvgIpc) is 2.96. The average molecular weight is 353 g/mol. The molecule has 6 nitrogen and oxygen atoms in total. The van der Waals surface area contributed by atoms with E-state index in [9.17, 15) is 18.0 Å². The van der Waals surface area contributed by atoms with E-state index in [1.54, 1.807) is 18.3 Å². The second-order valence-corrected chi connectivity index (χ2v) is 6.12. The number of aromatic nitrogens is 3. The molecule has 9 heteroatoms. The van der Waals surface area contributed by atoms with Gasteiger partial charge in [0.25, 0.3) is 0 Å². The summed E-state index contributed by atoms with van der Waals surface area (Å²) in [4.78, 5) is 19.6. The molecule has 3 rings (SSSR count). The van der Waals surface area contributed by atoms with Crippen molar-refractivity contribution in [2.24, 2.45) is 5.92 Å². The molecule has 2 aromatic heterocycles. The number of pyridine rings is 1. The second-order valence-electron chi connectivity index (χ2n) is 6.12. The van der Waals surface area contributed by atoms with E-state index in [2.05, 4.69) is 20.6 Å². The van der Waals surface area contributed by atoms with Crippen molar-refractivity contribution in [3.63, 3.8) is 0 Å². The van der Waals surface area contributed by atoms with E-state index in [0.717, 1.165) is 11.9 Å². The molecule has 1 atom stereocenters. The van der Waals surface area contributed by atoms with Gasteiger partial charge < -0.3 is 15.2 Å². The maximum atomic E-state index is 12.7. The Morgan fingerprint density at radius 1 is 1.44 bits per heavy atom. The molecule has 3 heterocycles. The summed E-state index contributed by atoms with van der Waals surface area (Å²) in [6.07, 6.45) is -0.636. The molecule has 0 aromatic carbocycles. The zero-order valence-corrected chi connectivity index (χ0v) is 13.6. The van der Waals surface area contributed by atoms with Gasteiger partial charge in [0.1, 0.15) is 5.82 Å². The molecule has 0 fully saturated rings. The third kappa shape index (κ3) is 4.28. The fraction of sp³-hybridized carbons (Fsp3) is 0.438. The van der Waals surface area contributed by atoms with Crippen molar-refractivity contribution in [1.82, 2.24) is 19.9 Å². The van der Waals surface area contributed by atoms with Crippen molar-refractivity contribution in [3.8, 4) is 0 Å². The van der Waals surface area contributed by atoms with Crippen LogP contribution in [0, 0.1) is 12.8 Å². The van der Waals surface area contributed by atoms with Crippen molar-refractivity contribution < 1.29 is 18.0 Å². The Kier molecular flexibility index (Phi) is 4.65. The monoisotopic (exact) mass is 353 g/mol. The van der Waals surface area contributed by atoms with Crippen LogP contribution < -0.4 is 10.6 Å². The normalized spacial score (nSPS) is 17.0. The van der Waals surface area contributed by atoms with Gasteiger partial charge in [0.15, 0.2) is 5.69 Å². The van der Waals surface area contributed by atoms with Crippen molar-refractivity contribution in [2.75, 3.05) is 11.9 Å². The first kappa shape index (κ1) is 17.2. The largest absolute Gasteiger partial charge is 0.434 e. The number of hydrogen-bond donors (Lipinski definition) is 2. The molecule has 2 aromatic rings. The number of hydrogen-bond acceptors (Lipinski definition) is 3. The van der Waals surface area contributed by atoms with Gasteiger partial charge in [-0.1, -0.05) is 0 Å². The van der Waals surface area contributed by atoms with Crippen LogP contribution in [0.4, 0.5) is 23.7 Å². The number of halogens is 3. The van der Waals surface area contributed by atoms with Crippen LogP contribution in [0.5, 0.6) is 0 Å². The number of anilines is 1. The number of imidazole rings is 1. The highest BCUT2D eigenvalue weighted by Gasteiger charge is 2.35. The highest BCUT2D eigenvalue weighted by Crippen LogP contribution is 2.30. The molecule has 0 aliphatic carbocycles. The Balaban J connectivity index is 1.53. The molecule has 134 valence electrons. The molecule has 0 bridgehead atoms. The number of nitrogens with one attached hydrogen (secondary N) is 2. The predicted molar refractivity (Wildman–Crippen MR) is 85.0 cm³/mol. The van der Waals surface area contributed by atoms with Gasteiger partial charge in [0.05, 0.1) is 0 Å². The third-order valence-corrected chi connectivity index (χ3v) is 4.09. The summed E-state index contributed by atoms with van der Waals surface area (Å²) in [7, 11) is 0. The smallest absolute Gasteiger partial charge is 0.338 e. The maximum absolute atomic E-state index is 12.7. The number of alkyl halides is 3. The van der Waals surface area contributed by atoms with Gasteiger partial charge in [0, 0.05) is 43.3 Å². The minimum Gasteiger partial charge on any atom is -0.338 e. The molecule has 2 N–H and O–H groups in total. The van der Waals surface area contributed by atoms with E-state index in [1.165, 1.54) is 4.57 Å². The summed E-state index contributed by atoms with van der Waals surface area (Å²) in [5.41, 5.74) is 0.570. The first-order valence-corrected chi connectivity index (χ1v) is 7.92. The topological polar surface area (TPSA) is 71.8 Å². The highest BCUT2D eigenvalue weighted by molar-refractivity contribution is 5.89. The Morgan fingerprint density at radius 2 is 2.24 bits per heavy atom. The van der Waals surface area contributed by atoms with Crippen LogP contribution >= 0.6 is 0 Å². The van der Waals surface area contributed by atoms with Gasteiger partial charge >= 0.3 is 12.2 Å². The van der Waals surface area contributed by atoms with Gasteiger partial charge in [-0.2, -0.15) is 13.2 Å². The number of urea groups is 1. The molecule has 0 saturated heterocycles. The van der Waals surface area contributed by atoms with Crippen LogP contribution in [0.2, 0.25) is 0 Å². The third-order valence-electron chi connectivity index (χ3n) is 4.09. The molecule has 0 spiro atoms. The standard InChI is InChI=1S/C16H18F3N5O/c1-10-6-12(4-5-20-10)22-15(25)21-7-11-2-3-14-23-13(16(17,18)19)9-24(14)8-11/h4-6,9,11H,2-3,7-8H2,1H3,(H2,20,21,22,25)/t11-/m1/s1. The van der Waals surface area contributed by atoms with Crippen LogP contribution in [0.3, 0.4) is 0 Å². The fourth-order valence-corrected chi connectivity index (χ4v) is 2.85. The van der Waals surface area contributed by atoms with Crippen LogP contribution in [0.15, 0.2) is 24.5 Å². The highest BCUT2D eigenvalue weighted by atomic mass is 19.4. The lowest BCUT2D eigenvalue weighted by Gasteiger charge is -2.23. The van der Waals surface area contributed by atoms with Crippen LogP contribution in [0.1, 0.15) is 23.6 Å². The van der Waals surface area contributed by atoms with Gasteiger partial charge in [-0.15, -0.1) is 0 Å². The molecule has 0 unspecified atom stereocenters. The number of nitrogens with zero attached hydrogens (tertiary/aromatic N) is 3. The molecular formula is C16H18F3N5O. The molecule has 2 amide bonds. The molecule has 25 heavy (non-hydrogen) atoms. The lowest BCUT2D eigenvalue weighted by atomic mass is 9.99. The van der Waals surface area contributed by atoms with E-state index < -0.39 is 11.9 Å². The van der Waals surface area contributed by atoms with Gasteiger partial charge in [-0.25, -0.2) is 9.78 Å². The van der Waals surface area contributed by atoms with Crippen LogP contribution in [-0.4, -0.2) is 27.1 Å². The quantitative estimate of drug-likeness (QED) is 0.891. The predicted octanol–water partition coefficient (Wildman–Crippen LogP) is 2.99. The second kappa shape index (κ2) is 6.73. The van der Waals surface area contributed by atoms with E-state index >= 15 is 0 Å². The Hall–Kier alpha value is -2.58. The lowest BCUT2D eigenvalue weighted by molar-refractivity contribution is -0.141. The Bertz CT molecular complexity index is 771. The summed E-state index contributed by atoms with van der Waals surface area (Å²) >= 11 is 0. The fourth-order valence-electron chi connectivity index (χ4n) is 2.85. The van der Waals surface area contributed by atoms with Crippen molar-refractivity contribution in [1.29, 1.82) is 0 Å². The molecule has 0 radical (unpaired) electrons. The van der Waals surface area contributed by atoms with Gasteiger partial charge in [0.2, 0.25) is 0 Å². The summed E-state index contributed by atoms with van der Waals surface area (Å²) in [6.45, 7) is 2.62. The van der Waals surface area contributed by atoms with E-state index in [4.69, 9.17) is 0 Å².